The number of aliphatic hydroxyl groups is 8. The summed E-state index contributed by atoms with van der Waals surface area (Å²) in [6, 6.07) is 7.09. The number of morpholine rings is 1. The van der Waals surface area contributed by atoms with Gasteiger partial charge in [0.25, 0.3) is 0 Å². The van der Waals surface area contributed by atoms with E-state index in [0.29, 0.717) is 11.8 Å². The number of nitrogens with zero attached hydrogens (tertiary/aromatic N) is 2. The minimum atomic E-state index is -4.14. The number of benzene rings is 2. The molecule has 2 saturated heterocycles. The lowest BCUT2D eigenvalue weighted by atomic mass is 10.0. The molecule has 4 rings (SSSR count). The van der Waals surface area contributed by atoms with Gasteiger partial charge in [0.1, 0.15) is 18.2 Å². The largest absolute Gasteiger partial charge is 0.488 e. The Morgan fingerprint density at radius 1 is 1.07 bits per heavy atom. The van der Waals surface area contributed by atoms with E-state index in [1.54, 1.807) is 11.9 Å². The smallest absolute Gasteiger partial charge is 0.356 e. The van der Waals surface area contributed by atoms with Gasteiger partial charge in [0, 0.05) is 36.2 Å². The second-order valence-corrected chi connectivity index (χ2v) is 10.2. The van der Waals surface area contributed by atoms with E-state index in [1.807, 2.05) is 0 Å². The quantitative estimate of drug-likeness (QED) is 0.0771. The number of carbonyl (C=O) groups excluding carboxylic acids is 3. The highest BCUT2D eigenvalue weighted by Crippen LogP contribution is 2.42. The molecule has 234 valence electrons. The molecule has 2 aromatic carbocycles. The van der Waals surface area contributed by atoms with E-state index >= 15 is 4.39 Å². The van der Waals surface area contributed by atoms with Crippen molar-refractivity contribution in [2.75, 3.05) is 7.05 Å². The second-order valence-electron chi connectivity index (χ2n) is 10.2. The summed E-state index contributed by atoms with van der Waals surface area (Å²) in [6.07, 6.45) is 1.02. The van der Waals surface area contributed by atoms with E-state index in [1.165, 1.54) is 24.3 Å². The van der Waals surface area contributed by atoms with Crippen molar-refractivity contribution in [2.45, 2.75) is 62.3 Å². The van der Waals surface area contributed by atoms with Gasteiger partial charge in [0.05, 0.1) is 6.04 Å². The molecule has 2 heterocycles. The number of likely N-dealkylation sites (N-methyl/N-ethyl adjacent to an activating group) is 1. The third-order valence-electron chi connectivity index (χ3n) is 7.20. The van der Waals surface area contributed by atoms with Gasteiger partial charge < -0.3 is 45.6 Å². The van der Waals surface area contributed by atoms with Gasteiger partial charge in [-0.25, -0.2) is 4.39 Å². The van der Waals surface area contributed by atoms with E-state index in [9.17, 15) is 55.2 Å². The van der Waals surface area contributed by atoms with E-state index in [2.05, 4.69) is 10.1 Å². The third kappa shape index (κ3) is 6.14. The Bertz CT molecular complexity index is 1390. The molecule has 2 amide bonds. The van der Waals surface area contributed by atoms with Gasteiger partial charge in [-0.05, 0) is 31.2 Å². The SMILES string of the molecule is CN(Cc1c(C=O)cccc1OCc1ccc(CN2C(O)(O)C(O)(O)OC(O)(O)C2(O)O)cc1F)C1CCC(=O)NC1=O. The molecule has 2 aliphatic heterocycles. The minimum absolute atomic E-state index is 0.0532. The zero-order valence-corrected chi connectivity index (χ0v) is 22.5. The average molecular weight is 612 g/mol. The fraction of sp³-hybridized carbons (Fsp3) is 0.423. The van der Waals surface area contributed by atoms with Crippen LogP contribution in [0.3, 0.4) is 0 Å². The van der Waals surface area contributed by atoms with Crippen molar-refractivity contribution in [3.63, 3.8) is 0 Å². The zero-order chi connectivity index (χ0) is 32.0. The molecule has 9 N–H and O–H groups in total. The number of carbonyl (C=O) groups is 3. The molecule has 17 heteroatoms. The molecule has 0 bridgehead atoms. The molecule has 1 atom stereocenters. The molecule has 43 heavy (non-hydrogen) atoms. The summed E-state index contributed by atoms with van der Waals surface area (Å²) in [7, 11) is 1.63. The molecule has 0 saturated carbocycles. The number of amides is 2. The Kier molecular flexibility index (Phi) is 8.73. The van der Waals surface area contributed by atoms with Gasteiger partial charge in [-0.3, -0.25) is 29.3 Å². The van der Waals surface area contributed by atoms with Crippen LogP contribution < -0.4 is 10.1 Å². The van der Waals surface area contributed by atoms with Crippen LogP contribution in [0, 0.1) is 5.82 Å². The summed E-state index contributed by atoms with van der Waals surface area (Å²) in [6.45, 7) is -1.41. The Hall–Kier alpha value is -3.46. The lowest BCUT2D eigenvalue weighted by Gasteiger charge is -2.55. The number of piperidine rings is 1. The molecule has 1 unspecified atom stereocenters. The summed E-state index contributed by atoms with van der Waals surface area (Å²) in [5.41, 5.74) is 0.358. The molecule has 2 aliphatic rings. The van der Waals surface area contributed by atoms with Gasteiger partial charge in [0.2, 0.25) is 11.8 Å². The topological polar surface area (TPSA) is 250 Å². The van der Waals surface area contributed by atoms with Crippen LogP contribution in [-0.2, 0) is 34.0 Å². The van der Waals surface area contributed by atoms with Crippen molar-refractivity contribution in [3.8, 4) is 5.75 Å². The molecular weight excluding hydrogens is 581 g/mol. The number of hydrogen-bond acceptors (Lipinski definition) is 15. The fourth-order valence-electron chi connectivity index (χ4n) is 4.73. The maximum Gasteiger partial charge on any atom is 0.356 e. The Balaban J connectivity index is 1.52. The first kappa shape index (κ1) is 32.5. The van der Waals surface area contributed by atoms with Crippen molar-refractivity contribution in [2.24, 2.45) is 0 Å². The number of aldehydes is 1. The second kappa shape index (κ2) is 11.6. The van der Waals surface area contributed by atoms with Crippen LogP contribution in [0.1, 0.15) is 39.9 Å². The highest BCUT2D eigenvalue weighted by atomic mass is 19.1. The van der Waals surface area contributed by atoms with Gasteiger partial charge in [-0.15, -0.1) is 0 Å². The minimum Gasteiger partial charge on any atom is -0.488 e. The number of ether oxygens (including phenoxy) is 2. The summed E-state index contributed by atoms with van der Waals surface area (Å²) in [5, 5.41) is 81.5. The monoisotopic (exact) mass is 611 g/mol. The summed E-state index contributed by atoms with van der Waals surface area (Å²) in [5.74, 6) is -18.0. The van der Waals surface area contributed by atoms with Gasteiger partial charge >= 0.3 is 23.8 Å². The lowest BCUT2D eigenvalue weighted by Crippen LogP contribution is -2.83. The van der Waals surface area contributed by atoms with Crippen LogP contribution in [-0.4, -0.2) is 106 Å². The normalized spacial score (nSPS) is 22.7. The number of nitrogens with one attached hydrogen (secondary N) is 1. The molecule has 0 aromatic heterocycles. The molecule has 0 aliphatic carbocycles. The maximum absolute atomic E-state index is 15.1. The average Bonchev–Trinajstić information content (AvgIpc) is 2.90. The van der Waals surface area contributed by atoms with Crippen LogP contribution in [0.4, 0.5) is 4.39 Å². The Morgan fingerprint density at radius 2 is 1.72 bits per heavy atom. The number of hydrogen-bond donors (Lipinski definition) is 9. The predicted molar refractivity (Wildman–Crippen MR) is 136 cm³/mol. The molecule has 0 radical (unpaired) electrons. The predicted octanol–water partition coefficient (Wildman–Crippen LogP) is -3.16. The first-order chi connectivity index (χ1) is 19.9. The molecule has 2 fully saturated rings. The van der Waals surface area contributed by atoms with Crippen LogP contribution in [0.2, 0.25) is 0 Å². The van der Waals surface area contributed by atoms with Crippen molar-refractivity contribution in [3.05, 3.63) is 64.5 Å². The van der Waals surface area contributed by atoms with Gasteiger partial charge in [0.15, 0.2) is 6.29 Å². The highest BCUT2D eigenvalue weighted by Gasteiger charge is 2.74. The Labute approximate surface area is 242 Å². The molecule has 0 spiro atoms. The van der Waals surface area contributed by atoms with Gasteiger partial charge in [-0.2, -0.15) is 4.90 Å². The van der Waals surface area contributed by atoms with Crippen LogP contribution >= 0.6 is 0 Å². The van der Waals surface area contributed by atoms with E-state index < -0.39 is 48.1 Å². The lowest BCUT2D eigenvalue weighted by molar-refractivity contribution is -0.659. The van der Waals surface area contributed by atoms with E-state index in [4.69, 9.17) is 4.74 Å². The summed E-state index contributed by atoms with van der Waals surface area (Å²) < 4.78 is 24.7. The van der Waals surface area contributed by atoms with Gasteiger partial charge in [-0.1, -0.05) is 24.3 Å². The van der Waals surface area contributed by atoms with Crippen LogP contribution in [0.5, 0.6) is 5.75 Å². The summed E-state index contributed by atoms with van der Waals surface area (Å²) in [4.78, 5) is 36.8. The fourth-order valence-corrected chi connectivity index (χ4v) is 4.73. The van der Waals surface area contributed by atoms with Crippen molar-refractivity contribution >= 4 is 18.1 Å². The van der Waals surface area contributed by atoms with E-state index in [-0.39, 0.29) is 59.2 Å². The van der Waals surface area contributed by atoms with Crippen molar-refractivity contribution < 1.29 is 69.1 Å². The number of imide groups is 1. The first-order valence-corrected chi connectivity index (χ1v) is 12.7. The maximum atomic E-state index is 15.1. The third-order valence-corrected chi connectivity index (χ3v) is 7.20. The standard InChI is InChI=1S/C26H30FN3O13/c1-29(19-7-8-21(32)28-22(19)33)11-17-15(12-31)3-2-4-20(17)42-13-16-6-5-14(9-18(16)27)10-30-23(34,35)25(38,39)43-26(40,41)24(30,36)37/h2-6,9,12,19,34-41H,7-8,10-11,13H2,1H3,(H,28,32,33). The van der Waals surface area contributed by atoms with Crippen LogP contribution in [0.25, 0.3) is 0 Å². The zero-order valence-electron chi connectivity index (χ0n) is 22.5. The molecular formula is C26H30FN3O13. The van der Waals surface area contributed by atoms with E-state index in [0.717, 1.165) is 12.1 Å². The Morgan fingerprint density at radius 3 is 2.30 bits per heavy atom. The summed E-state index contributed by atoms with van der Waals surface area (Å²) >= 11 is 0. The number of rotatable bonds is 9. The first-order valence-electron chi connectivity index (χ1n) is 12.7. The van der Waals surface area contributed by atoms with Crippen LogP contribution in [0.15, 0.2) is 36.4 Å². The highest BCUT2D eigenvalue weighted by molar-refractivity contribution is 6.00. The van der Waals surface area contributed by atoms with Crippen molar-refractivity contribution in [1.82, 2.24) is 15.1 Å². The molecule has 16 nitrogen and oxygen atoms in total. The number of halogens is 1. The van der Waals surface area contributed by atoms with Crippen molar-refractivity contribution in [1.29, 1.82) is 0 Å². The molecule has 2 aromatic rings.